The van der Waals surface area contributed by atoms with Crippen LogP contribution in [0.15, 0.2) is 6.07 Å². The largest absolute Gasteiger partial charge is 0.391 e. The van der Waals surface area contributed by atoms with Gasteiger partial charge in [-0.15, -0.1) is 10.2 Å². The van der Waals surface area contributed by atoms with Crippen LogP contribution in [0.4, 0.5) is 5.69 Å². The number of hydrogen-bond acceptors (Lipinski definition) is 4. The van der Waals surface area contributed by atoms with E-state index in [9.17, 15) is 5.11 Å². The van der Waals surface area contributed by atoms with E-state index >= 15 is 0 Å². The molecule has 1 aromatic rings. The van der Waals surface area contributed by atoms with Crippen LogP contribution in [0.5, 0.6) is 0 Å². The molecular weight excluding hydrogens is 225 g/mol. The summed E-state index contributed by atoms with van der Waals surface area (Å²) in [4.78, 5) is 1.95. The second kappa shape index (κ2) is 3.88. The van der Waals surface area contributed by atoms with Gasteiger partial charge in [-0.2, -0.15) is 0 Å². The van der Waals surface area contributed by atoms with Gasteiger partial charge in [0.15, 0.2) is 10.3 Å². The Labute approximate surface area is 91.5 Å². The third-order valence-electron chi connectivity index (χ3n) is 2.20. The lowest BCUT2D eigenvalue weighted by Crippen LogP contribution is -2.21. The maximum absolute atomic E-state index is 9.37. The maximum atomic E-state index is 9.37. The molecule has 0 spiro atoms. The molecule has 1 aromatic heterocycles. The number of aliphatic hydroxyl groups excluding tert-OH is 1. The van der Waals surface area contributed by atoms with Gasteiger partial charge in [0, 0.05) is 19.2 Å². The molecule has 2 rings (SSSR count). The molecule has 0 unspecified atom stereocenters. The highest BCUT2D eigenvalue weighted by Gasteiger charge is 2.22. The molecule has 4 nitrogen and oxygen atoms in total. The van der Waals surface area contributed by atoms with Gasteiger partial charge in [-0.1, -0.05) is 23.2 Å². The van der Waals surface area contributed by atoms with Crippen molar-refractivity contribution in [3.8, 4) is 0 Å². The van der Waals surface area contributed by atoms with E-state index in [2.05, 4.69) is 10.2 Å². The molecule has 1 aliphatic rings. The first kappa shape index (κ1) is 9.96. The van der Waals surface area contributed by atoms with Crippen LogP contribution in [0.3, 0.4) is 0 Å². The summed E-state index contributed by atoms with van der Waals surface area (Å²) in [6.07, 6.45) is 0.453. The van der Waals surface area contributed by atoms with Crippen molar-refractivity contribution in [3.63, 3.8) is 0 Å². The summed E-state index contributed by atoms with van der Waals surface area (Å²) in [6.45, 7) is 1.34. The number of rotatable bonds is 1. The summed E-state index contributed by atoms with van der Waals surface area (Å²) in [5.74, 6) is 0. The number of aromatic nitrogens is 2. The molecule has 14 heavy (non-hydrogen) atoms. The van der Waals surface area contributed by atoms with E-state index < -0.39 is 0 Å². The number of aliphatic hydroxyl groups is 1. The monoisotopic (exact) mass is 233 g/mol. The summed E-state index contributed by atoms with van der Waals surface area (Å²) >= 11 is 11.6. The standard InChI is InChI=1S/C8H9Cl2N3O/c9-7-3-6(8(10)12-11-7)13-2-1-5(14)4-13/h3,5,14H,1-2,4H2/t5-/m0/s1. The summed E-state index contributed by atoms with van der Waals surface area (Å²) < 4.78 is 0. The minimum Gasteiger partial charge on any atom is -0.391 e. The van der Waals surface area contributed by atoms with Gasteiger partial charge in [0.25, 0.3) is 0 Å². The third-order valence-corrected chi connectivity index (χ3v) is 2.66. The van der Waals surface area contributed by atoms with Gasteiger partial charge in [-0.3, -0.25) is 0 Å². The molecular formula is C8H9Cl2N3O. The van der Waals surface area contributed by atoms with Gasteiger partial charge in [-0.25, -0.2) is 0 Å². The van der Waals surface area contributed by atoms with Crippen molar-refractivity contribution in [1.82, 2.24) is 10.2 Å². The third kappa shape index (κ3) is 1.92. The van der Waals surface area contributed by atoms with Crippen LogP contribution in [-0.2, 0) is 0 Å². The lowest BCUT2D eigenvalue weighted by atomic mass is 10.3. The zero-order chi connectivity index (χ0) is 10.1. The molecule has 6 heteroatoms. The normalized spacial score (nSPS) is 21.6. The highest BCUT2D eigenvalue weighted by molar-refractivity contribution is 6.33. The highest BCUT2D eigenvalue weighted by Crippen LogP contribution is 2.28. The van der Waals surface area contributed by atoms with E-state index in [1.807, 2.05) is 4.90 Å². The lowest BCUT2D eigenvalue weighted by Gasteiger charge is -2.17. The summed E-state index contributed by atoms with van der Waals surface area (Å²) in [5, 5.41) is 17.3. The fourth-order valence-electron chi connectivity index (χ4n) is 1.53. The second-order valence-corrected chi connectivity index (χ2v) is 3.98. The van der Waals surface area contributed by atoms with E-state index in [0.29, 0.717) is 16.9 Å². The molecule has 1 aliphatic heterocycles. The SMILES string of the molecule is O[C@H]1CCN(c2cc(Cl)nnc2Cl)C1. The predicted octanol–water partition coefficient (Wildman–Crippen LogP) is 1.35. The lowest BCUT2D eigenvalue weighted by molar-refractivity contribution is 0.198. The van der Waals surface area contributed by atoms with Crippen LogP contribution in [0.25, 0.3) is 0 Å². The molecule has 2 heterocycles. The molecule has 0 radical (unpaired) electrons. The van der Waals surface area contributed by atoms with Crippen molar-refractivity contribution in [3.05, 3.63) is 16.4 Å². The van der Waals surface area contributed by atoms with Crippen molar-refractivity contribution in [2.75, 3.05) is 18.0 Å². The molecule has 1 N–H and O–H groups in total. The second-order valence-electron chi connectivity index (χ2n) is 3.23. The number of nitrogens with zero attached hydrogens (tertiary/aromatic N) is 3. The summed E-state index contributed by atoms with van der Waals surface area (Å²) in [6, 6.07) is 1.66. The Bertz CT molecular complexity index is 347. The molecule has 76 valence electrons. The quantitative estimate of drug-likeness (QED) is 0.796. The van der Waals surface area contributed by atoms with E-state index in [1.165, 1.54) is 0 Å². The van der Waals surface area contributed by atoms with Crippen LogP contribution < -0.4 is 4.90 Å². The Balaban J connectivity index is 2.27. The van der Waals surface area contributed by atoms with Crippen molar-refractivity contribution in [1.29, 1.82) is 0 Å². The van der Waals surface area contributed by atoms with E-state index in [0.717, 1.165) is 18.7 Å². The molecule has 0 aromatic carbocycles. The van der Waals surface area contributed by atoms with Gasteiger partial charge in [0.05, 0.1) is 11.8 Å². The van der Waals surface area contributed by atoms with Gasteiger partial charge in [0.1, 0.15) is 0 Å². The predicted molar refractivity (Wildman–Crippen MR) is 54.9 cm³/mol. The van der Waals surface area contributed by atoms with E-state index in [1.54, 1.807) is 6.07 Å². The summed E-state index contributed by atoms with van der Waals surface area (Å²) in [7, 11) is 0. The smallest absolute Gasteiger partial charge is 0.175 e. The van der Waals surface area contributed by atoms with Gasteiger partial charge in [0.2, 0.25) is 0 Å². The van der Waals surface area contributed by atoms with Crippen LogP contribution >= 0.6 is 23.2 Å². The number of hydrogen-bond donors (Lipinski definition) is 1. The average Bonchev–Trinajstić information content (AvgIpc) is 2.56. The Kier molecular flexibility index (Phi) is 2.76. The molecule has 1 atom stereocenters. The Morgan fingerprint density at radius 2 is 2.21 bits per heavy atom. The van der Waals surface area contributed by atoms with E-state index in [-0.39, 0.29) is 6.10 Å². The van der Waals surface area contributed by atoms with Crippen molar-refractivity contribution >= 4 is 28.9 Å². The fraction of sp³-hybridized carbons (Fsp3) is 0.500. The van der Waals surface area contributed by atoms with Gasteiger partial charge >= 0.3 is 0 Å². The van der Waals surface area contributed by atoms with Gasteiger partial charge in [-0.05, 0) is 6.42 Å². The molecule has 1 fully saturated rings. The first-order valence-corrected chi connectivity index (χ1v) is 5.04. The Hall–Kier alpha value is -0.580. The van der Waals surface area contributed by atoms with Crippen LogP contribution in [-0.4, -0.2) is 34.5 Å². The maximum Gasteiger partial charge on any atom is 0.175 e. The van der Waals surface area contributed by atoms with Crippen molar-refractivity contribution in [2.24, 2.45) is 0 Å². The topological polar surface area (TPSA) is 49.2 Å². The number of anilines is 1. The molecule has 0 saturated carbocycles. The highest BCUT2D eigenvalue weighted by atomic mass is 35.5. The minimum absolute atomic E-state index is 0.294. The van der Waals surface area contributed by atoms with Crippen LogP contribution in [0.1, 0.15) is 6.42 Å². The minimum atomic E-state index is -0.294. The molecule has 0 aliphatic carbocycles. The summed E-state index contributed by atoms with van der Waals surface area (Å²) in [5.41, 5.74) is 0.739. The molecule has 1 saturated heterocycles. The van der Waals surface area contributed by atoms with Crippen LogP contribution in [0, 0.1) is 0 Å². The van der Waals surface area contributed by atoms with Crippen LogP contribution in [0.2, 0.25) is 10.3 Å². The van der Waals surface area contributed by atoms with Crippen molar-refractivity contribution < 1.29 is 5.11 Å². The Morgan fingerprint density at radius 3 is 2.86 bits per heavy atom. The zero-order valence-electron chi connectivity index (χ0n) is 7.32. The average molecular weight is 234 g/mol. The fourth-order valence-corrected chi connectivity index (χ4v) is 1.88. The molecule has 0 amide bonds. The van der Waals surface area contributed by atoms with E-state index in [4.69, 9.17) is 23.2 Å². The zero-order valence-corrected chi connectivity index (χ0v) is 8.83. The van der Waals surface area contributed by atoms with Crippen molar-refractivity contribution in [2.45, 2.75) is 12.5 Å². The van der Waals surface area contributed by atoms with Gasteiger partial charge < -0.3 is 10.0 Å². The number of β-amino-alcohol motifs (C(OH)–C–C–N with tert-alkyl or cyclic N) is 1. The Morgan fingerprint density at radius 1 is 1.43 bits per heavy atom. The number of halogens is 2. The first-order chi connectivity index (χ1) is 6.66. The first-order valence-electron chi connectivity index (χ1n) is 4.28. The molecule has 0 bridgehead atoms.